The smallest absolute Gasteiger partial charge is 0.143 e. The Bertz CT molecular complexity index is 332. The van der Waals surface area contributed by atoms with E-state index in [9.17, 15) is 0 Å². The van der Waals surface area contributed by atoms with E-state index >= 15 is 0 Å². The third-order valence-electron chi connectivity index (χ3n) is 1.85. The largest absolute Gasteiger partial charge is 0.495 e. The molecule has 1 rings (SSSR count). The molecular weight excluding hydrogens is 164 g/mol. The van der Waals surface area contributed by atoms with E-state index in [-0.39, 0.29) is 0 Å². The Morgan fingerprint density at radius 2 is 1.92 bits per heavy atom. The molecule has 0 bridgehead atoms. The molecule has 3 heteroatoms. The number of ether oxygens (including phenoxy) is 1. The predicted molar refractivity (Wildman–Crippen MR) is 56.5 cm³/mol. The number of methoxy groups -OCH3 is 1. The van der Waals surface area contributed by atoms with E-state index in [0.29, 0.717) is 17.1 Å². The van der Waals surface area contributed by atoms with E-state index < -0.39 is 0 Å². The van der Waals surface area contributed by atoms with Gasteiger partial charge in [0.15, 0.2) is 0 Å². The van der Waals surface area contributed by atoms with Gasteiger partial charge in [-0.25, -0.2) is 0 Å². The summed E-state index contributed by atoms with van der Waals surface area (Å²) in [5, 5.41) is 0. The van der Waals surface area contributed by atoms with Gasteiger partial charge in [-0.1, -0.05) is 12.2 Å². The van der Waals surface area contributed by atoms with Crippen molar-refractivity contribution >= 4 is 17.5 Å². The van der Waals surface area contributed by atoms with Gasteiger partial charge < -0.3 is 16.2 Å². The molecule has 0 saturated carbocycles. The number of hydrogen-bond acceptors (Lipinski definition) is 3. The first kappa shape index (κ1) is 9.45. The molecule has 0 fully saturated rings. The van der Waals surface area contributed by atoms with Crippen LogP contribution in [-0.4, -0.2) is 7.11 Å². The van der Waals surface area contributed by atoms with Crippen molar-refractivity contribution in [3.8, 4) is 5.75 Å². The fraction of sp³-hybridized carbons (Fsp3) is 0.200. The first-order chi connectivity index (χ1) is 6.20. The summed E-state index contributed by atoms with van der Waals surface area (Å²) in [5.74, 6) is 0.616. The molecule has 0 spiro atoms. The van der Waals surface area contributed by atoms with Crippen molar-refractivity contribution in [2.24, 2.45) is 0 Å². The quantitative estimate of drug-likeness (QED) is 0.680. The van der Waals surface area contributed by atoms with E-state index in [0.717, 1.165) is 5.56 Å². The second-order valence-corrected chi connectivity index (χ2v) is 2.68. The first-order valence-corrected chi connectivity index (χ1v) is 4.05. The molecule has 3 nitrogen and oxygen atoms in total. The lowest BCUT2D eigenvalue weighted by molar-refractivity contribution is 0.417. The van der Waals surface area contributed by atoms with Gasteiger partial charge in [-0.3, -0.25) is 0 Å². The van der Waals surface area contributed by atoms with Crippen LogP contribution in [-0.2, 0) is 0 Å². The van der Waals surface area contributed by atoms with Crippen molar-refractivity contribution in [2.45, 2.75) is 6.92 Å². The topological polar surface area (TPSA) is 61.3 Å². The molecule has 0 aliphatic rings. The van der Waals surface area contributed by atoms with Crippen molar-refractivity contribution in [2.75, 3.05) is 18.6 Å². The summed E-state index contributed by atoms with van der Waals surface area (Å²) in [6.45, 7) is 1.93. The van der Waals surface area contributed by atoms with Crippen LogP contribution in [0.2, 0.25) is 0 Å². The van der Waals surface area contributed by atoms with Crippen molar-refractivity contribution < 1.29 is 4.74 Å². The first-order valence-electron chi connectivity index (χ1n) is 4.05. The molecule has 0 aromatic heterocycles. The van der Waals surface area contributed by atoms with E-state index in [1.54, 1.807) is 13.2 Å². The summed E-state index contributed by atoms with van der Waals surface area (Å²) in [7, 11) is 1.57. The van der Waals surface area contributed by atoms with Crippen molar-refractivity contribution in [1.82, 2.24) is 0 Å². The number of allylic oxidation sites excluding steroid dienone is 1. The highest BCUT2D eigenvalue weighted by atomic mass is 16.5. The highest BCUT2D eigenvalue weighted by Gasteiger charge is 2.05. The maximum atomic E-state index is 5.79. The third-order valence-corrected chi connectivity index (χ3v) is 1.85. The molecular formula is C10H14N2O. The summed E-state index contributed by atoms with van der Waals surface area (Å²) < 4.78 is 5.03. The summed E-state index contributed by atoms with van der Waals surface area (Å²) in [4.78, 5) is 0. The summed E-state index contributed by atoms with van der Waals surface area (Å²) in [5.41, 5.74) is 13.5. The molecule has 0 heterocycles. The van der Waals surface area contributed by atoms with Crippen LogP contribution in [0, 0.1) is 0 Å². The van der Waals surface area contributed by atoms with E-state index in [4.69, 9.17) is 16.2 Å². The normalized spacial score (nSPS) is 10.6. The maximum absolute atomic E-state index is 5.79. The molecule has 0 atom stereocenters. The van der Waals surface area contributed by atoms with E-state index in [1.807, 2.05) is 25.1 Å². The van der Waals surface area contributed by atoms with Gasteiger partial charge in [0.1, 0.15) is 5.75 Å². The number of nitrogen functional groups attached to an aromatic ring is 2. The van der Waals surface area contributed by atoms with Crippen molar-refractivity contribution in [3.63, 3.8) is 0 Å². The minimum Gasteiger partial charge on any atom is -0.495 e. The lowest BCUT2D eigenvalue weighted by Gasteiger charge is -2.09. The van der Waals surface area contributed by atoms with Crippen LogP contribution in [0.4, 0.5) is 11.4 Å². The van der Waals surface area contributed by atoms with Crippen LogP contribution in [0.1, 0.15) is 12.5 Å². The molecule has 4 N–H and O–H groups in total. The number of rotatable bonds is 2. The van der Waals surface area contributed by atoms with Gasteiger partial charge >= 0.3 is 0 Å². The SMILES string of the molecule is CC=Cc1ccc(OC)c(N)c1N. The zero-order chi connectivity index (χ0) is 9.84. The van der Waals surface area contributed by atoms with Gasteiger partial charge in [-0.15, -0.1) is 0 Å². The van der Waals surface area contributed by atoms with Crippen LogP contribution in [0.25, 0.3) is 6.08 Å². The van der Waals surface area contributed by atoms with Gasteiger partial charge in [0.05, 0.1) is 18.5 Å². The zero-order valence-corrected chi connectivity index (χ0v) is 7.87. The number of hydrogen-bond donors (Lipinski definition) is 2. The Morgan fingerprint density at radius 3 is 2.46 bits per heavy atom. The highest BCUT2D eigenvalue weighted by molar-refractivity contribution is 5.80. The molecule has 0 amide bonds. The minimum absolute atomic E-state index is 0.498. The average Bonchev–Trinajstić information content (AvgIpc) is 2.14. The molecule has 0 unspecified atom stereocenters. The van der Waals surface area contributed by atoms with Gasteiger partial charge in [0.2, 0.25) is 0 Å². The molecule has 70 valence electrons. The number of benzene rings is 1. The van der Waals surface area contributed by atoms with Crippen LogP contribution in [0.5, 0.6) is 5.75 Å². The Kier molecular flexibility index (Phi) is 2.80. The molecule has 13 heavy (non-hydrogen) atoms. The van der Waals surface area contributed by atoms with Crippen LogP contribution in [0.15, 0.2) is 18.2 Å². The lowest BCUT2D eigenvalue weighted by Crippen LogP contribution is -2.00. The van der Waals surface area contributed by atoms with E-state index in [2.05, 4.69) is 0 Å². The maximum Gasteiger partial charge on any atom is 0.143 e. The number of nitrogens with two attached hydrogens (primary N) is 2. The van der Waals surface area contributed by atoms with Gasteiger partial charge in [-0.2, -0.15) is 0 Å². The van der Waals surface area contributed by atoms with Crippen LogP contribution < -0.4 is 16.2 Å². The molecule has 1 aromatic rings. The molecule has 0 radical (unpaired) electrons. The second kappa shape index (κ2) is 3.85. The molecule has 0 aliphatic heterocycles. The van der Waals surface area contributed by atoms with Crippen LogP contribution >= 0.6 is 0 Å². The Balaban J connectivity index is 3.22. The predicted octanol–water partition coefficient (Wildman–Crippen LogP) is 1.89. The van der Waals surface area contributed by atoms with Crippen LogP contribution in [0.3, 0.4) is 0 Å². The average molecular weight is 178 g/mol. The van der Waals surface area contributed by atoms with Gasteiger partial charge in [-0.05, 0) is 24.6 Å². The summed E-state index contributed by atoms with van der Waals surface area (Å²) >= 11 is 0. The summed E-state index contributed by atoms with van der Waals surface area (Å²) in [6, 6.07) is 3.69. The lowest BCUT2D eigenvalue weighted by atomic mass is 10.1. The van der Waals surface area contributed by atoms with Crippen molar-refractivity contribution in [1.29, 1.82) is 0 Å². The number of anilines is 2. The molecule has 1 aromatic carbocycles. The molecule has 0 saturated heterocycles. The Morgan fingerprint density at radius 1 is 1.23 bits per heavy atom. The zero-order valence-electron chi connectivity index (χ0n) is 7.87. The van der Waals surface area contributed by atoms with Gasteiger partial charge in [0.25, 0.3) is 0 Å². The highest BCUT2D eigenvalue weighted by Crippen LogP contribution is 2.30. The fourth-order valence-corrected chi connectivity index (χ4v) is 1.14. The third kappa shape index (κ3) is 1.75. The second-order valence-electron chi connectivity index (χ2n) is 2.68. The van der Waals surface area contributed by atoms with Crippen molar-refractivity contribution in [3.05, 3.63) is 23.8 Å². The minimum atomic E-state index is 0.498. The monoisotopic (exact) mass is 178 g/mol. The summed E-state index contributed by atoms with van der Waals surface area (Å²) in [6.07, 6.45) is 3.82. The van der Waals surface area contributed by atoms with Gasteiger partial charge in [0, 0.05) is 0 Å². The Labute approximate surface area is 78.0 Å². The fourth-order valence-electron chi connectivity index (χ4n) is 1.14. The molecule has 0 aliphatic carbocycles. The van der Waals surface area contributed by atoms with E-state index in [1.165, 1.54) is 0 Å². The Hall–Kier alpha value is -1.64. The standard InChI is InChI=1S/C10H14N2O/c1-3-4-7-5-6-8(13-2)10(12)9(7)11/h3-6H,11-12H2,1-2H3.